The van der Waals surface area contributed by atoms with Gasteiger partial charge in [0.15, 0.2) is 0 Å². The summed E-state index contributed by atoms with van der Waals surface area (Å²) in [6, 6.07) is 4.92. The number of aromatic nitrogens is 2. The highest BCUT2D eigenvalue weighted by Gasteiger charge is 2.14. The molecule has 7 nitrogen and oxygen atoms in total. The summed E-state index contributed by atoms with van der Waals surface area (Å²) in [7, 11) is 0. The summed E-state index contributed by atoms with van der Waals surface area (Å²) in [5.41, 5.74) is -0.786. The Morgan fingerprint density at radius 3 is 2.68 bits per heavy atom. The summed E-state index contributed by atoms with van der Waals surface area (Å²) >= 11 is 0. The first-order chi connectivity index (χ1) is 10.3. The highest BCUT2D eigenvalue weighted by atomic mass is 16.5. The predicted molar refractivity (Wildman–Crippen MR) is 84.4 cm³/mol. The number of H-pyrrole nitrogens is 2. The summed E-state index contributed by atoms with van der Waals surface area (Å²) < 4.78 is 5.53. The lowest BCUT2D eigenvalue weighted by Gasteiger charge is -2.23. The molecule has 2 rings (SSSR count). The second-order valence-electron chi connectivity index (χ2n) is 6.18. The van der Waals surface area contributed by atoms with Gasteiger partial charge in [0.05, 0.1) is 5.52 Å². The molecule has 120 valence electrons. The SMILES string of the molecule is CC(C)(C)NCC(O)COc1cccc2[nH]c(=O)[nH]c(=O)c12. The van der Waals surface area contributed by atoms with Gasteiger partial charge in [-0.3, -0.25) is 9.78 Å². The Morgan fingerprint density at radius 2 is 2.00 bits per heavy atom. The van der Waals surface area contributed by atoms with E-state index in [1.807, 2.05) is 20.8 Å². The van der Waals surface area contributed by atoms with Crippen LogP contribution in [0.3, 0.4) is 0 Å². The first kappa shape index (κ1) is 16.3. The van der Waals surface area contributed by atoms with E-state index >= 15 is 0 Å². The van der Waals surface area contributed by atoms with Gasteiger partial charge in [0.1, 0.15) is 23.8 Å². The van der Waals surface area contributed by atoms with Crippen LogP contribution in [0.4, 0.5) is 0 Å². The molecule has 1 unspecified atom stereocenters. The fourth-order valence-electron chi connectivity index (χ4n) is 1.98. The van der Waals surface area contributed by atoms with E-state index in [0.717, 1.165) is 0 Å². The Kier molecular flexibility index (Phi) is 4.68. The lowest BCUT2D eigenvalue weighted by molar-refractivity contribution is 0.101. The van der Waals surface area contributed by atoms with Crippen LogP contribution in [0.5, 0.6) is 5.75 Å². The molecule has 0 radical (unpaired) electrons. The minimum absolute atomic E-state index is 0.0424. The predicted octanol–water partition coefficient (Wildman–Crippen LogP) is 0.344. The second-order valence-corrected chi connectivity index (χ2v) is 6.18. The molecule has 7 heteroatoms. The third kappa shape index (κ3) is 4.19. The zero-order valence-corrected chi connectivity index (χ0v) is 12.9. The van der Waals surface area contributed by atoms with Crippen molar-refractivity contribution in [3.05, 3.63) is 39.0 Å². The molecule has 4 N–H and O–H groups in total. The van der Waals surface area contributed by atoms with Crippen LogP contribution in [0.25, 0.3) is 10.9 Å². The molecule has 0 spiro atoms. The van der Waals surface area contributed by atoms with Crippen molar-refractivity contribution in [1.29, 1.82) is 0 Å². The molecule has 0 aliphatic rings. The molecule has 0 bridgehead atoms. The van der Waals surface area contributed by atoms with Crippen LogP contribution in [0.1, 0.15) is 20.8 Å². The fraction of sp³-hybridized carbons (Fsp3) is 0.467. The van der Waals surface area contributed by atoms with Crippen LogP contribution in [0, 0.1) is 0 Å². The number of ether oxygens (including phenoxy) is 1. The Bertz CT molecular complexity index is 758. The molecular weight excluding hydrogens is 286 g/mol. The quantitative estimate of drug-likeness (QED) is 0.637. The summed E-state index contributed by atoms with van der Waals surface area (Å²) in [5, 5.41) is 13.4. The second kappa shape index (κ2) is 6.33. The van der Waals surface area contributed by atoms with Gasteiger partial charge in [-0.05, 0) is 32.9 Å². The number of fused-ring (bicyclic) bond motifs is 1. The van der Waals surface area contributed by atoms with Gasteiger partial charge < -0.3 is 20.1 Å². The van der Waals surface area contributed by atoms with Crippen molar-refractivity contribution >= 4 is 10.9 Å². The van der Waals surface area contributed by atoms with Crippen molar-refractivity contribution in [3.8, 4) is 5.75 Å². The van der Waals surface area contributed by atoms with Gasteiger partial charge in [-0.25, -0.2) is 4.79 Å². The number of hydrogen-bond donors (Lipinski definition) is 4. The zero-order chi connectivity index (χ0) is 16.3. The van der Waals surface area contributed by atoms with Crippen molar-refractivity contribution in [3.63, 3.8) is 0 Å². The molecule has 0 aliphatic carbocycles. The van der Waals surface area contributed by atoms with Crippen LogP contribution in [0.15, 0.2) is 27.8 Å². The number of hydrogen-bond acceptors (Lipinski definition) is 5. The van der Waals surface area contributed by atoms with Gasteiger partial charge in [-0.15, -0.1) is 0 Å². The molecule has 1 aromatic carbocycles. The van der Waals surface area contributed by atoms with Gasteiger partial charge in [0.25, 0.3) is 5.56 Å². The maximum absolute atomic E-state index is 11.9. The maximum Gasteiger partial charge on any atom is 0.326 e. The Labute approximate surface area is 127 Å². The summed E-state index contributed by atoms with van der Waals surface area (Å²) in [6.45, 7) is 6.42. The maximum atomic E-state index is 11.9. The number of aromatic amines is 2. The first-order valence-corrected chi connectivity index (χ1v) is 7.07. The van der Waals surface area contributed by atoms with E-state index < -0.39 is 17.4 Å². The molecule has 0 saturated carbocycles. The van der Waals surface area contributed by atoms with E-state index in [0.29, 0.717) is 17.8 Å². The molecule has 2 aromatic rings. The van der Waals surface area contributed by atoms with Crippen LogP contribution in [-0.4, -0.2) is 39.9 Å². The molecule has 0 aliphatic heterocycles. The average Bonchev–Trinajstić information content (AvgIpc) is 2.41. The first-order valence-electron chi connectivity index (χ1n) is 7.07. The normalized spacial score (nSPS) is 13.3. The van der Waals surface area contributed by atoms with Crippen molar-refractivity contribution in [2.24, 2.45) is 0 Å². The van der Waals surface area contributed by atoms with Gasteiger partial charge in [0, 0.05) is 12.1 Å². The molecule has 0 saturated heterocycles. The topological polar surface area (TPSA) is 107 Å². The van der Waals surface area contributed by atoms with E-state index in [1.54, 1.807) is 18.2 Å². The third-order valence-electron chi connectivity index (χ3n) is 3.03. The molecule has 1 atom stereocenters. The van der Waals surface area contributed by atoms with Gasteiger partial charge in [0.2, 0.25) is 0 Å². The number of β-amino-alcohol motifs (C(OH)–C–C–N with tert-alkyl or cyclic N) is 1. The van der Waals surface area contributed by atoms with Crippen LogP contribution >= 0.6 is 0 Å². The highest BCUT2D eigenvalue weighted by molar-refractivity contribution is 5.83. The van der Waals surface area contributed by atoms with Crippen molar-refractivity contribution in [1.82, 2.24) is 15.3 Å². The minimum Gasteiger partial charge on any atom is -0.490 e. The third-order valence-corrected chi connectivity index (χ3v) is 3.03. The smallest absolute Gasteiger partial charge is 0.326 e. The van der Waals surface area contributed by atoms with E-state index in [4.69, 9.17) is 4.74 Å². The van der Waals surface area contributed by atoms with E-state index in [-0.39, 0.29) is 17.5 Å². The molecule has 1 aromatic heterocycles. The van der Waals surface area contributed by atoms with E-state index in [9.17, 15) is 14.7 Å². The van der Waals surface area contributed by atoms with Gasteiger partial charge >= 0.3 is 5.69 Å². The molecule has 22 heavy (non-hydrogen) atoms. The van der Waals surface area contributed by atoms with Crippen LogP contribution < -0.4 is 21.3 Å². The average molecular weight is 307 g/mol. The Morgan fingerprint density at radius 1 is 1.27 bits per heavy atom. The summed E-state index contributed by atoms with van der Waals surface area (Å²) in [4.78, 5) is 27.9. The van der Waals surface area contributed by atoms with Crippen molar-refractivity contribution in [2.45, 2.75) is 32.4 Å². The van der Waals surface area contributed by atoms with Crippen LogP contribution in [-0.2, 0) is 0 Å². The monoisotopic (exact) mass is 307 g/mol. The van der Waals surface area contributed by atoms with Crippen molar-refractivity contribution in [2.75, 3.05) is 13.2 Å². The molecule has 0 fully saturated rings. The lowest BCUT2D eigenvalue weighted by Crippen LogP contribution is -2.42. The van der Waals surface area contributed by atoms with E-state index in [2.05, 4.69) is 15.3 Å². The lowest BCUT2D eigenvalue weighted by atomic mass is 10.1. The molecular formula is C15H21N3O4. The molecule has 1 heterocycles. The standard InChI is InChI=1S/C15H21N3O4/c1-15(2,3)16-7-9(19)8-22-11-6-4-5-10-12(11)13(20)18-14(21)17-10/h4-6,9,16,19H,7-8H2,1-3H3,(H2,17,18,20,21). The number of rotatable bonds is 5. The number of aliphatic hydroxyl groups excluding tert-OH is 1. The number of nitrogens with one attached hydrogen (secondary N) is 3. The summed E-state index contributed by atoms with van der Waals surface area (Å²) in [6.07, 6.45) is -0.712. The number of benzene rings is 1. The zero-order valence-electron chi connectivity index (χ0n) is 12.9. The van der Waals surface area contributed by atoms with Gasteiger partial charge in [-0.2, -0.15) is 0 Å². The van der Waals surface area contributed by atoms with Crippen molar-refractivity contribution < 1.29 is 9.84 Å². The minimum atomic E-state index is -0.712. The summed E-state index contributed by atoms with van der Waals surface area (Å²) in [5.74, 6) is 0.324. The van der Waals surface area contributed by atoms with Crippen LogP contribution in [0.2, 0.25) is 0 Å². The fourth-order valence-corrected chi connectivity index (χ4v) is 1.98. The van der Waals surface area contributed by atoms with E-state index in [1.165, 1.54) is 0 Å². The number of aliphatic hydroxyl groups is 1. The Balaban J connectivity index is 2.12. The highest BCUT2D eigenvalue weighted by Crippen LogP contribution is 2.19. The Hall–Kier alpha value is -2.12. The van der Waals surface area contributed by atoms with Gasteiger partial charge in [-0.1, -0.05) is 6.07 Å². The largest absolute Gasteiger partial charge is 0.490 e. The molecule has 0 amide bonds.